The molecule has 0 bridgehead atoms. The van der Waals surface area contributed by atoms with Gasteiger partial charge >= 0.3 is 0 Å². The van der Waals surface area contributed by atoms with Gasteiger partial charge in [0.1, 0.15) is 5.01 Å². The summed E-state index contributed by atoms with van der Waals surface area (Å²) in [6, 6.07) is 14.9. The van der Waals surface area contributed by atoms with E-state index in [-0.39, 0.29) is 4.90 Å². The molecule has 0 unspecified atom stereocenters. The van der Waals surface area contributed by atoms with Crippen LogP contribution in [0.5, 0.6) is 0 Å². The lowest BCUT2D eigenvalue weighted by Crippen LogP contribution is -2.11. The van der Waals surface area contributed by atoms with Crippen LogP contribution in [0.25, 0.3) is 21.6 Å². The Hall–Kier alpha value is -2.20. The fourth-order valence-corrected chi connectivity index (χ4v) is 5.34. The maximum atomic E-state index is 11.6. The van der Waals surface area contributed by atoms with Gasteiger partial charge < -0.3 is 4.57 Å². The second kappa shape index (κ2) is 7.67. The highest BCUT2D eigenvalue weighted by Gasteiger charge is 2.15. The van der Waals surface area contributed by atoms with E-state index in [1.165, 1.54) is 12.1 Å². The number of imidazole rings is 1. The molecule has 0 saturated heterocycles. The SMILES string of the molecule is CCn1c(SCc2csc(-c3ccccc3)n2)nc2cc(S(N)(=O)=O)ccc21. The second-order valence-electron chi connectivity index (χ2n) is 6.13. The van der Waals surface area contributed by atoms with E-state index in [4.69, 9.17) is 10.1 Å². The van der Waals surface area contributed by atoms with Crippen molar-refractivity contribution in [1.29, 1.82) is 0 Å². The quantitative estimate of drug-likeness (QED) is 0.465. The summed E-state index contributed by atoms with van der Waals surface area (Å²) in [6.07, 6.45) is 0. The van der Waals surface area contributed by atoms with E-state index in [2.05, 4.69) is 27.1 Å². The molecule has 2 N–H and O–H groups in total. The number of hydrogen-bond acceptors (Lipinski definition) is 6. The van der Waals surface area contributed by atoms with Gasteiger partial charge in [-0.15, -0.1) is 11.3 Å². The number of nitrogens with zero attached hydrogens (tertiary/aromatic N) is 3. The average Bonchev–Trinajstić information content (AvgIpc) is 3.30. The summed E-state index contributed by atoms with van der Waals surface area (Å²) in [5, 5.41) is 9.13. The number of rotatable bonds is 6. The maximum absolute atomic E-state index is 11.6. The first-order valence-corrected chi connectivity index (χ1v) is 12.0. The van der Waals surface area contributed by atoms with Gasteiger partial charge in [0.2, 0.25) is 10.0 Å². The van der Waals surface area contributed by atoms with Gasteiger partial charge in [-0.3, -0.25) is 0 Å². The first kappa shape index (κ1) is 19.1. The zero-order valence-corrected chi connectivity index (χ0v) is 17.5. The Morgan fingerprint density at radius 2 is 1.93 bits per heavy atom. The van der Waals surface area contributed by atoms with Gasteiger partial charge in [0.25, 0.3) is 0 Å². The predicted molar refractivity (Wildman–Crippen MR) is 114 cm³/mol. The fraction of sp³-hybridized carbons (Fsp3) is 0.158. The van der Waals surface area contributed by atoms with Gasteiger partial charge in [-0.25, -0.2) is 23.5 Å². The number of sulfonamides is 1. The highest BCUT2D eigenvalue weighted by atomic mass is 32.2. The van der Waals surface area contributed by atoms with Crippen LogP contribution >= 0.6 is 23.1 Å². The monoisotopic (exact) mass is 430 g/mol. The van der Waals surface area contributed by atoms with Crippen LogP contribution in [-0.2, 0) is 22.3 Å². The molecular weight excluding hydrogens is 412 g/mol. The van der Waals surface area contributed by atoms with Gasteiger partial charge in [0.15, 0.2) is 5.16 Å². The van der Waals surface area contributed by atoms with Gasteiger partial charge in [-0.05, 0) is 25.1 Å². The Labute approximate surface area is 171 Å². The Morgan fingerprint density at radius 1 is 1.14 bits per heavy atom. The number of thiazole rings is 1. The van der Waals surface area contributed by atoms with Crippen molar-refractivity contribution in [2.24, 2.45) is 5.14 Å². The number of hydrogen-bond donors (Lipinski definition) is 1. The summed E-state index contributed by atoms with van der Waals surface area (Å²) < 4.78 is 25.3. The highest BCUT2D eigenvalue weighted by molar-refractivity contribution is 7.98. The number of aryl methyl sites for hydroxylation is 1. The van der Waals surface area contributed by atoms with Crippen molar-refractivity contribution in [3.05, 3.63) is 59.6 Å². The molecule has 2 aromatic heterocycles. The Balaban J connectivity index is 1.59. The predicted octanol–water partition coefficient (Wildman–Crippen LogP) is 4.12. The van der Waals surface area contributed by atoms with E-state index >= 15 is 0 Å². The molecule has 2 aromatic carbocycles. The van der Waals surface area contributed by atoms with Crippen molar-refractivity contribution in [2.75, 3.05) is 0 Å². The minimum atomic E-state index is -3.75. The molecule has 0 atom stereocenters. The first-order valence-electron chi connectivity index (χ1n) is 8.61. The largest absolute Gasteiger partial charge is 0.319 e. The third kappa shape index (κ3) is 3.83. The number of thioether (sulfide) groups is 1. The van der Waals surface area contributed by atoms with E-state index in [1.807, 2.05) is 25.1 Å². The van der Waals surface area contributed by atoms with E-state index in [1.54, 1.807) is 29.2 Å². The Bertz CT molecular complexity index is 1230. The van der Waals surface area contributed by atoms with Crippen LogP contribution in [0.15, 0.2) is 64.0 Å². The lowest BCUT2D eigenvalue weighted by molar-refractivity contribution is 0.598. The maximum Gasteiger partial charge on any atom is 0.238 e. The van der Waals surface area contributed by atoms with Crippen molar-refractivity contribution < 1.29 is 8.42 Å². The second-order valence-corrected chi connectivity index (χ2v) is 9.49. The van der Waals surface area contributed by atoms with E-state index < -0.39 is 10.0 Å². The van der Waals surface area contributed by atoms with Gasteiger partial charge in [0.05, 0.1) is 21.6 Å². The lowest BCUT2D eigenvalue weighted by atomic mass is 10.2. The molecule has 0 saturated carbocycles. The molecule has 0 aliphatic carbocycles. The summed E-state index contributed by atoms with van der Waals surface area (Å²) in [4.78, 5) is 9.41. The molecule has 0 radical (unpaired) electrons. The number of primary sulfonamides is 1. The minimum Gasteiger partial charge on any atom is -0.319 e. The van der Waals surface area contributed by atoms with E-state index in [0.717, 1.165) is 33.5 Å². The molecule has 144 valence electrons. The van der Waals surface area contributed by atoms with E-state index in [0.29, 0.717) is 11.3 Å². The summed E-state index contributed by atoms with van der Waals surface area (Å²) in [6.45, 7) is 2.77. The Morgan fingerprint density at radius 3 is 2.64 bits per heavy atom. The number of aromatic nitrogens is 3. The Kier molecular flexibility index (Phi) is 5.24. The molecule has 2 heterocycles. The third-order valence-electron chi connectivity index (χ3n) is 4.25. The fourth-order valence-electron chi connectivity index (χ4n) is 2.91. The van der Waals surface area contributed by atoms with Gasteiger partial charge in [-0.2, -0.15) is 0 Å². The van der Waals surface area contributed by atoms with Crippen molar-refractivity contribution in [3.63, 3.8) is 0 Å². The minimum absolute atomic E-state index is 0.0734. The number of fused-ring (bicyclic) bond motifs is 1. The van der Waals surface area contributed by atoms with Crippen LogP contribution in [0, 0.1) is 0 Å². The molecular formula is C19H18N4O2S3. The summed E-state index contributed by atoms with van der Waals surface area (Å²) in [5.41, 5.74) is 3.62. The van der Waals surface area contributed by atoms with Crippen LogP contribution in [0.4, 0.5) is 0 Å². The molecule has 4 aromatic rings. The first-order chi connectivity index (χ1) is 13.5. The van der Waals surface area contributed by atoms with Crippen LogP contribution in [0.3, 0.4) is 0 Å². The third-order valence-corrected chi connectivity index (χ3v) is 7.11. The van der Waals surface area contributed by atoms with Crippen LogP contribution in [0.1, 0.15) is 12.6 Å². The summed E-state index contributed by atoms with van der Waals surface area (Å²) >= 11 is 3.21. The van der Waals surface area contributed by atoms with Crippen molar-refractivity contribution >= 4 is 44.2 Å². The van der Waals surface area contributed by atoms with Crippen molar-refractivity contribution in [3.8, 4) is 10.6 Å². The average molecular weight is 431 g/mol. The standard InChI is InChI=1S/C19H18N4O2S3/c1-2-23-17-9-8-15(28(20,24)25)10-16(17)22-19(23)27-12-14-11-26-18(21-14)13-6-4-3-5-7-13/h3-11H,2,12H2,1H3,(H2,20,24,25). The normalized spacial score (nSPS) is 11.9. The number of benzene rings is 2. The zero-order valence-electron chi connectivity index (χ0n) is 15.1. The lowest BCUT2D eigenvalue weighted by Gasteiger charge is -2.05. The van der Waals surface area contributed by atoms with Crippen molar-refractivity contribution in [1.82, 2.24) is 14.5 Å². The molecule has 4 rings (SSSR count). The molecule has 0 fully saturated rings. The molecule has 0 spiro atoms. The molecule has 0 aliphatic rings. The van der Waals surface area contributed by atoms with Gasteiger partial charge in [-0.1, -0.05) is 42.1 Å². The summed E-state index contributed by atoms with van der Waals surface area (Å²) in [7, 11) is -3.75. The smallest absolute Gasteiger partial charge is 0.238 e. The highest BCUT2D eigenvalue weighted by Crippen LogP contribution is 2.30. The topological polar surface area (TPSA) is 90.9 Å². The van der Waals surface area contributed by atoms with Crippen molar-refractivity contribution in [2.45, 2.75) is 29.3 Å². The molecule has 0 aliphatic heterocycles. The molecule has 28 heavy (non-hydrogen) atoms. The van der Waals surface area contributed by atoms with Crippen LogP contribution in [-0.4, -0.2) is 23.0 Å². The number of nitrogens with two attached hydrogens (primary N) is 1. The molecule has 6 nitrogen and oxygen atoms in total. The van der Waals surface area contributed by atoms with E-state index in [9.17, 15) is 8.42 Å². The molecule has 0 amide bonds. The van der Waals surface area contributed by atoms with Gasteiger partial charge in [0, 0.05) is 23.2 Å². The molecule has 9 heteroatoms. The summed E-state index contributed by atoms with van der Waals surface area (Å²) in [5.74, 6) is 0.689. The zero-order chi connectivity index (χ0) is 19.7. The van der Waals surface area contributed by atoms with Crippen LogP contribution in [0.2, 0.25) is 0 Å². The van der Waals surface area contributed by atoms with Crippen LogP contribution < -0.4 is 5.14 Å².